The third kappa shape index (κ3) is 5.05. The quantitative estimate of drug-likeness (QED) is 0.177. The zero-order valence-corrected chi connectivity index (χ0v) is 23.0. The van der Waals surface area contributed by atoms with E-state index in [-0.39, 0.29) is 5.56 Å². The molecular weight excluding hydrogens is 610 g/mol. The van der Waals surface area contributed by atoms with Crippen LogP contribution >= 0.6 is 31.9 Å². The fourth-order valence-electron chi connectivity index (χ4n) is 4.07. The molecule has 0 atom stereocenters. The molecule has 0 bridgehead atoms. The molecule has 0 aliphatic carbocycles. The number of para-hydroxylation sites is 1. The Hall–Kier alpha value is -4.01. The summed E-state index contributed by atoms with van der Waals surface area (Å²) in [7, 11) is 0. The Balaban J connectivity index is 1.37. The monoisotopic (exact) mass is 627 g/mol. The Morgan fingerprint density at radius 1 is 0.895 bits per heavy atom. The minimum Gasteiger partial charge on any atom is -0.489 e. The average Bonchev–Trinajstić information content (AvgIpc) is 3.35. The van der Waals surface area contributed by atoms with Crippen LogP contribution in [0.1, 0.15) is 11.1 Å². The second kappa shape index (κ2) is 10.4. The molecule has 4 aromatic carbocycles. The first-order valence-electron chi connectivity index (χ1n) is 11.8. The van der Waals surface area contributed by atoms with Gasteiger partial charge in [0.2, 0.25) is 5.82 Å². The molecule has 2 aromatic heterocycles. The highest BCUT2D eigenvalue weighted by atomic mass is 79.9. The summed E-state index contributed by atoms with van der Waals surface area (Å²) < 4.78 is 15.3. The van der Waals surface area contributed by atoms with Crippen LogP contribution in [0.15, 0.2) is 120 Å². The topological polar surface area (TPSA) is 69.6 Å². The van der Waals surface area contributed by atoms with Crippen molar-refractivity contribution in [3.63, 3.8) is 0 Å². The molecule has 8 heteroatoms. The Bertz CT molecular complexity index is 1870. The molecule has 0 saturated heterocycles. The zero-order chi connectivity index (χ0) is 26.1. The molecule has 0 radical (unpaired) electrons. The number of nitrogens with zero attached hydrogens (tertiary/aromatic N) is 3. The van der Waals surface area contributed by atoms with E-state index in [9.17, 15) is 4.79 Å². The molecule has 0 saturated carbocycles. The SMILES string of the molecule is O=c1c2ccccc2nc(-c2cc3cc(Br)ccc3o2)n1N=Cc1cccc(OCc2ccc(Br)cc2)c1. The van der Waals surface area contributed by atoms with Gasteiger partial charge in [-0.05, 0) is 71.8 Å². The van der Waals surface area contributed by atoms with Crippen molar-refractivity contribution in [1.82, 2.24) is 9.66 Å². The van der Waals surface area contributed by atoms with Crippen molar-refractivity contribution in [3.8, 4) is 17.3 Å². The minimum absolute atomic E-state index is 0.286. The number of ether oxygens (including phenoxy) is 1. The van der Waals surface area contributed by atoms with E-state index in [0.717, 1.165) is 25.5 Å². The first kappa shape index (κ1) is 24.3. The number of fused-ring (bicyclic) bond motifs is 2. The lowest BCUT2D eigenvalue weighted by Crippen LogP contribution is -2.20. The summed E-state index contributed by atoms with van der Waals surface area (Å²) in [6, 6.07) is 30.3. The van der Waals surface area contributed by atoms with Gasteiger partial charge in [0.05, 0.1) is 17.1 Å². The van der Waals surface area contributed by atoms with E-state index < -0.39 is 0 Å². The summed E-state index contributed by atoms with van der Waals surface area (Å²) in [5.41, 5.74) is 2.81. The maximum Gasteiger partial charge on any atom is 0.282 e. The molecule has 2 heterocycles. The average molecular weight is 629 g/mol. The lowest BCUT2D eigenvalue weighted by molar-refractivity contribution is 0.306. The van der Waals surface area contributed by atoms with E-state index >= 15 is 0 Å². The maximum atomic E-state index is 13.5. The van der Waals surface area contributed by atoms with Gasteiger partial charge < -0.3 is 9.15 Å². The molecule has 0 unspecified atom stereocenters. The van der Waals surface area contributed by atoms with E-state index in [2.05, 4.69) is 37.0 Å². The number of halogens is 2. The van der Waals surface area contributed by atoms with Gasteiger partial charge in [-0.25, -0.2) is 4.98 Å². The van der Waals surface area contributed by atoms with Gasteiger partial charge in [-0.2, -0.15) is 9.78 Å². The first-order chi connectivity index (χ1) is 18.5. The van der Waals surface area contributed by atoms with Crippen LogP contribution in [-0.2, 0) is 6.61 Å². The van der Waals surface area contributed by atoms with Crippen molar-refractivity contribution in [1.29, 1.82) is 0 Å². The van der Waals surface area contributed by atoms with Crippen molar-refractivity contribution in [3.05, 3.63) is 127 Å². The van der Waals surface area contributed by atoms with Gasteiger partial charge in [0.1, 0.15) is 17.9 Å². The molecule has 0 N–H and O–H groups in total. The molecule has 0 amide bonds. The van der Waals surface area contributed by atoms with Crippen molar-refractivity contribution in [2.24, 2.45) is 5.10 Å². The molecule has 6 nitrogen and oxygen atoms in total. The Morgan fingerprint density at radius 2 is 1.71 bits per heavy atom. The molecule has 6 aromatic rings. The van der Waals surface area contributed by atoms with E-state index in [4.69, 9.17) is 14.1 Å². The number of hydrogen-bond donors (Lipinski definition) is 0. The second-order valence-corrected chi connectivity index (χ2v) is 10.4. The molecule has 0 spiro atoms. The number of benzene rings is 4. The second-order valence-electron chi connectivity index (χ2n) is 8.59. The lowest BCUT2D eigenvalue weighted by Gasteiger charge is -2.08. The van der Waals surface area contributed by atoms with Gasteiger partial charge in [-0.1, -0.05) is 68.3 Å². The van der Waals surface area contributed by atoms with E-state index in [0.29, 0.717) is 40.4 Å². The van der Waals surface area contributed by atoms with Crippen LogP contribution in [0.2, 0.25) is 0 Å². The molecule has 0 aliphatic rings. The van der Waals surface area contributed by atoms with Crippen LogP contribution in [0.4, 0.5) is 0 Å². The zero-order valence-electron chi connectivity index (χ0n) is 19.8. The van der Waals surface area contributed by atoms with E-state index in [1.165, 1.54) is 4.68 Å². The van der Waals surface area contributed by atoms with Crippen molar-refractivity contribution in [2.75, 3.05) is 0 Å². The van der Waals surface area contributed by atoms with Crippen LogP contribution in [0.3, 0.4) is 0 Å². The Labute approximate surface area is 234 Å². The van der Waals surface area contributed by atoms with Gasteiger partial charge in [0.25, 0.3) is 5.56 Å². The van der Waals surface area contributed by atoms with Crippen molar-refractivity contribution < 1.29 is 9.15 Å². The van der Waals surface area contributed by atoms with Crippen LogP contribution in [0.25, 0.3) is 33.5 Å². The highest BCUT2D eigenvalue weighted by Crippen LogP contribution is 2.29. The summed E-state index contributed by atoms with van der Waals surface area (Å²) in [6.07, 6.45) is 1.62. The molecule has 0 aliphatic heterocycles. The minimum atomic E-state index is -0.286. The predicted molar refractivity (Wildman–Crippen MR) is 157 cm³/mol. The van der Waals surface area contributed by atoms with Gasteiger partial charge in [-0.3, -0.25) is 4.79 Å². The largest absolute Gasteiger partial charge is 0.489 e. The van der Waals surface area contributed by atoms with Crippen LogP contribution in [0, 0.1) is 0 Å². The summed E-state index contributed by atoms with van der Waals surface area (Å²) in [6.45, 7) is 0.439. The fourth-order valence-corrected chi connectivity index (χ4v) is 4.71. The summed E-state index contributed by atoms with van der Waals surface area (Å²) in [5.74, 6) is 1.47. The lowest BCUT2D eigenvalue weighted by atomic mass is 10.2. The Kier molecular flexibility index (Phi) is 6.66. The maximum absolute atomic E-state index is 13.5. The van der Waals surface area contributed by atoms with Gasteiger partial charge in [0, 0.05) is 14.3 Å². The summed E-state index contributed by atoms with van der Waals surface area (Å²) in [5, 5.41) is 5.91. The molecule has 6 rings (SSSR count). The van der Waals surface area contributed by atoms with Gasteiger partial charge in [0.15, 0.2) is 5.76 Å². The Morgan fingerprint density at radius 3 is 2.58 bits per heavy atom. The third-order valence-electron chi connectivity index (χ3n) is 5.95. The highest BCUT2D eigenvalue weighted by Gasteiger charge is 2.16. The molecule has 0 fully saturated rings. The first-order valence-corrected chi connectivity index (χ1v) is 13.3. The number of hydrogen-bond acceptors (Lipinski definition) is 5. The van der Waals surface area contributed by atoms with Crippen LogP contribution in [-0.4, -0.2) is 15.9 Å². The summed E-state index contributed by atoms with van der Waals surface area (Å²) >= 11 is 6.94. The standard InChI is InChI=1S/C30H19Br2N3O3/c31-22-10-8-19(9-11-22)18-37-24-5-3-4-20(14-24)17-33-35-29(34-26-7-2-1-6-25(26)30(35)36)28-16-21-15-23(32)12-13-27(21)38-28/h1-17H,18H2. The number of furan rings is 1. The molecular formula is C30H19Br2N3O3. The van der Waals surface area contributed by atoms with Crippen molar-refractivity contribution >= 4 is 59.9 Å². The van der Waals surface area contributed by atoms with Crippen LogP contribution in [0.5, 0.6) is 5.75 Å². The highest BCUT2D eigenvalue weighted by molar-refractivity contribution is 9.10. The molecule has 38 heavy (non-hydrogen) atoms. The fraction of sp³-hybridized carbons (Fsp3) is 0.0333. The molecule has 186 valence electrons. The van der Waals surface area contributed by atoms with Crippen LogP contribution < -0.4 is 10.3 Å². The van der Waals surface area contributed by atoms with Gasteiger partial charge in [-0.15, -0.1) is 0 Å². The van der Waals surface area contributed by atoms with E-state index in [1.54, 1.807) is 18.3 Å². The van der Waals surface area contributed by atoms with Gasteiger partial charge >= 0.3 is 0 Å². The number of rotatable bonds is 6. The third-order valence-corrected chi connectivity index (χ3v) is 6.97. The van der Waals surface area contributed by atoms with E-state index in [1.807, 2.05) is 84.9 Å². The van der Waals surface area contributed by atoms with Crippen molar-refractivity contribution in [2.45, 2.75) is 6.61 Å². The number of aromatic nitrogens is 2. The predicted octanol–water partition coefficient (Wildman–Crippen LogP) is 7.80. The smallest absolute Gasteiger partial charge is 0.282 e. The summed E-state index contributed by atoms with van der Waals surface area (Å²) in [4.78, 5) is 18.2. The normalized spacial score (nSPS) is 11.5.